The minimum atomic E-state index is -1.41. The zero-order chi connectivity index (χ0) is 55.1. The van der Waals surface area contributed by atoms with E-state index in [1.165, 1.54) is 12.1 Å². The molecule has 0 spiro atoms. The monoisotopic (exact) mass is 1060 g/mol. The summed E-state index contributed by atoms with van der Waals surface area (Å²) in [5.74, 6) is -1.69. The highest BCUT2D eigenvalue weighted by molar-refractivity contribution is 5.68. The van der Waals surface area contributed by atoms with E-state index in [0.717, 1.165) is 41.5 Å². The molecule has 0 radical (unpaired) electrons. The fourth-order valence-electron chi connectivity index (χ4n) is 8.22. The molecule has 0 bridgehead atoms. The van der Waals surface area contributed by atoms with Crippen LogP contribution in [0, 0.1) is 0 Å². The van der Waals surface area contributed by atoms with Gasteiger partial charge in [-0.2, -0.15) is 0 Å². The van der Waals surface area contributed by atoms with Gasteiger partial charge < -0.3 is 69.6 Å². The van der Waals surface area contributed by atoms with E-state index in [9.17, 15) is 48.9 Å². The number of amides is 3. The van der Waals surface area contributed by atoms with E-state index in [2.05, 4.69) is 21.7 Å². The number of nitrogens with one attached hydrogen (secondary N) is 3. The van der Waals surface area contributed by atoms with Gasteiger partial charge in [0.05, 0.1) is 43.5 Å². The van der Waals surface area contributed by atoms with Gasteiger partial charge in [0.1, 0.15) is 19.8 Å². The smallest absolute Gasteiger partial charge is 0.405 e. The summed E-state index contributed by atoms with van der Waals surface area (Å²) in [7, 11) is 0. The number of nitrogens with two attached hydrogens (primary N) is 1. The molecule has 3 atom stereocenters. The standard InChI is InChI=1S/C54H51N3O15.C2H5NO2/c58-43-25-28-67-46(49(43)70-31-34-11-4-1-5-12-34)40(55-52(61)62)22-19-37-17-10-18-38(20-23-41(56-53(63)64)47-50(44(59)26-29-68-47)71-32-35-13-6-2-7-14-35)39(37)21-24-42(57-54(65)66)48-51(45(60)27-30-69-48)72-33-36-15-8-3-9-16-36;3-1-2(4)5/h1-18,25-30,40-42,55-57H,19-24,31-33H2,(H,61,62)(H,63,64)(H,65,66);1,3H2,(H,4,5). The summed E-state index contributed by atoms with van der Waals surface area (Å²) < 4.78 is 35.4. The molecular formula is C56H56N4O17. The lowest BCUT2D eigenvalue weighted by Gasteiger charge is -2.23. The van der Waals surface area contributed by atoms with Crippen molar-refractivity contribution in [1.29, 1.82) is 0 Å². The van der Waals surface area contributed by atoms with Gasteiger partial charge in [-0.05, 0) is 71.9 Å². The van der Waals surface area contributed by atoms with Gasteiger partial charge in [0.25, 0.3) is 0 Å². The Hall–Kier alpha value is -9.63. The van der Waals surface area contributed by atoms with Crippen LogP contribution in [0.25, 0.3) is 0 Å². The van der Waals surface area contributed by atoms with Crippen LogP contribution in [0.4, 0.5) is 14.4 Å². The Morgan fingerprint density at radius 2 is 0.740 bits per heavy atom. The number of ether oxygens (including phenoxy) is 3. The number of aryl methyl sites for hydroxylation is 2. The number of carboxylic acids is 1. The molecule has 77 heavy (non-hydrogen) atoms. The number of hydrogen-bond donors (Lipinski definition) is 8. The van der Waals surface area contributed by atoms with E-state index in [0.29, 0.717) is 16.7 Å². The Balaban J connectivity index is 0.00000183. The fourth-order valence-corrected chi connectivity index (χ4v) is 8.22. The SMILES string of the molecule is NCC(=O)O.O=C(O)NC(CCc1cccc(CCC(NC(=O)O)c2occc(=O)c2OCc2ccccc2)c1CCC(NC(=O)O)c1occc(=O)c1OCc1ccccc1)c1occc(=O)c1OCc1ccccc1. The summed E-state index contributed by atoms with van der Waals surface area (Å²) in [6.45, 7) is -0.315. The van der Waals surface area contributed by atoms with Gasteiger partial charge >= 0.3 is 24.2 Å². The third-order valence-electron chi connectivity index (χ3n) is 11.7. The predicted molar refractivity (Wildman–Crippen MR) is 277 cm³/mol. The zero-order valence-corrected chi connectivity index (χ0v) is 41.3. The molecule has 3 amide bonds. The normalized spacial score (nSPS) is 11.9. The second-order valence-corrected chi connectivity index (χ2v) is 17.0. The molecule has 0 fully saturated rings. The second-order valence-electron chi connectivity index (χ2n) is 17.0. The molecule has 3 aromatic heterocycles. The van der Waals surface area contributed by atoms with Crippen molar-refractivity contribution in [2.45, 2.75) is 76.5 Å². The maximum Gasteiger partial charge on any atom is 0.405 e. The lowest BCUT2D eigenvalue weighted by Crippen LogP contribution is -2.29. The number of hydrogen-bond acceptors (Lipinski definition) is 14. The number of rotatable bonds is 25. The first-order valence-corrected chi connectivity index (χ1v) is 24.1. The van der Waals surface area contributed by atoms with Gasteiger partial charge in [-0.25, -0.2) is 14.4 Å². The number of aliphatic carboxylic acids is 1. The fraction of sp³-hybridized carbons (Fsp3) is 0.232. The van der Waals surface area contributed by atoms with Crippen LogP contribution in [0.15, 0.2) is 174 Å². The van der Waals surface area contributed by atoms with Gasteiger partial charge in [-0.15, -0.1) is 0 Å². The Morgan fingerprint density at radius 3 is 1.03 bits per heavy atom. The molecule has 4 aromatic carbocycles. The molecule has 7 aromatic rings. The van der Waals surface area contributed by atoms with Gasteiger partial charge in [-0.1, -0.05) is 109 Å². The molecule has 402 valence electrons. The molecule has 0 aliphatic heterocycles. The Labute approximate surface area is 439 Å². The number of carboxylic acid groups (broad SMARTS) is 4. The summed E-state index contributed by atoms with van der Waals surface area (Å²) in [6, 6.07) is 32.7. The first kappa shape index (κ1) is 56.7. The maximum atomic E-state index is 13.3. The van der Waals surface area contributed by atoms with Crippen molar-refractivity contribution in [2.75, 3.05) is 6.54 Å². The van der Waals surface area contributed by atoms with E-state index in [1.54, 1.807) is 66.7 Å². The molecule has 0 saturated heterocycles. The molecule has 9 N–H and O–H groups in total. The van der Waals surface area contributed by atoms with Crippen LogP contribution in [0.5, 0.6) is 17.2 Å². The van der Waals surface area contributed by atoms with Crippen LogP contribution in [0.3, 0.4) is 0 Å². The highest BCUT2D eigenvalue weighted by atomic mass is 16.5. The Bertz CT molecular complexity index is 3090. The number of benzene rings is 4. The molecule has 7 rings (SSSR count). The second kappa shape index (κ2) is 28.7. The van der Waals surface area contributed by atoms with Crippen LogP contribution >= 0.6 is 0 Å². The van der Waals surface area contributed by atoms with Crippen molar-refractivity contribution >= 4 is 24.2 Å². The molecule has 0 saturated carbocycles. The van der Waals surface area contributed by atoms with Crippen LogP contribution in [-0.2, 0) is 43.9 Å². The van der Waals surface area contributed by atoms with Gasteiger partial charge in [0.15, 0.2) is 17.3 Å². The lowest BCUT2D eigenvalue weighted by molar-refractivity contribution is -0.135. The molecular weight excluding hydrogens is 1000 g/mol. The summed E-state index contributed by atoms with van der Waals surface area (Å²) >= 11 is 0. The first-order valence-electron chi connectivity index (χ1n) is 24.1. The van der Waals surface area contributed by atoms with E-state index < -0.39 is 58.7 Å². The Morgan fingerprint density at radius 1 is 0.442 bits per heavy atom. The largest absolute Gasteiger partial charge is 0.482 e. The summed E-state index contributed by atoms with van der Waals surface area (Å²) in [4.78, 5) is 86.1. The van der Waals surface area contributed by atoms with E-state index in [4.69, 9.17) is 32.6 Å². The van der Waals surface area contributed by atoms with E-state index in [-0.39, 0.29) is 99.4 Å². The maximum absolute atomic E-state index is 13.3. The summed E-state index contributed by atoms with van der Waals surface area (Å²) in [5, 5.41) is 45.2. The first-order chi connectivity index (χ1) is 37.2. The van der Waals surface area contributed by atoms with Crippen LogP contribution in [0.1, 0.15) is 88.0 Å². The molecule has 0 aliphatic rings. The topological polar surface area (TPSA) is 330 Å². The van der Waals surface area contributed by atoms with Gasteiger partial charge in [0, 0.05) is 18.2 Å². The van der Waals surface area contributed by atoms with Crippen molar-refractivity contribution in [1.82, 2.24) is 16.0 Å². The van der Waals surface area contributed by atoms with Gasteiger partial charge in [0.2, 0.25) is 33.5 Å². The minimum Gasteiger partial charge on any atom is -0.482 e. The van der Waals surface area contributed by atoms with Crippen LogP contribution in [0.2, 0.25) is 0 Å². The highest BCUT2D eigenvalue weighted by Gasteiger charge is 2.29. The van der Waals surface area contributed by atoms with Crippen LogP contribution in [-0.4, -0.2) is 51.2 Å². The minimum absolute atomic E-state index is 0.00532. The van der Waals surface area contributed by atoms with Crippen LogP contribution < -0.4 is 52.2 Å². The lowest BCUT2D eigenvalue weighted by atomic mass is 9.88. The van der Waals surface area contributed by atoms with Crippen molar-refractivity contribution in [3.8, 4) is 17.2 Å². The average Bonchev–Trinajstić information content (AvgIpc) is 3.42. The quantitative estimate of drug-likeness (QED) is 0.0268. The highest BCUT2D eigenvalue weighted by Crippen LogP contribution is 2.33. The van der Waals surface area contributed by atoms with Crippen molar-refractivity contribution in [3.05, 3.63) is 228 Å². The predicted octanol–water partition coefficient (Wildman–Crippen LogP) is 8.14. The molecule has 0 aliphatic carbocycles. The molecule has 3 heterocycles. The Kier molecular flexibility index (Phi) is 21.1. The molecule has 3 unspecified atom stereocenters. The summed E-state index contributed by atoms with van der Waals surface area (Å²) in [6.07, 6.45) is -0.305. The third-order valence-corrected chi connectivity index (χ3v) is 11.7. The molecule has 21 nitrogen and oxygen atoms in total. The number of carbonyl (C=O) groups is 4. The molecule has 21 heteroatoms. The van der Waals surface area contributed by atoms with Crippen molar-refractivity contribution < 1.29 is 67.1 Å². The average molecular weight is 1060 g/mol. The van der Waals surface area contributed by atoms with E-state index >= 15 is 0 Å². The third kappa shape index (κ3) is 17.2. The van der Waals surface area contributed by atoms with E-state index in [1.807, 2.05) is 42.5 Å². The van der Waals surface area contributed by atoms with Crippen molar-refractivity contribution in [3.63, 3.8) is 0 Å². The summed E-state index contributed by atoms with van der Waals surface area (Å²) in [5.41, 5.74) is 7.21. The van der Waals surface area contributed by atoms with Crippen molar-refractivity contribution in [2.24, 2.45) is 5.73 Å². The zero-order valence-electron chi connectivity index (χ0n) is 41.3. The van der Waals surface area contributed by atoms with Gasteiger partial charge in [-0.3, -0.25) is 19.2 Å².